The van der Waals surface area contributed by atoms with Gasteiger partial charge in [-0.1, -0.05) is 42.8 Å². The Morgan fingerprint density at radius 2 is 2.00 bits per heavy atom. The van der Waals surface area contributed by atoms with E-state index in [1.165, 1.54) is 37.4 Å². The second-order valence-corrected chi connectivity index (χ2v) is 9.25. The van der Waals surface area contributed by atoms with E-state index in [9.17, 15) is 9.59 Å². The van der Waals surface area contributed by atoms with Crippen LogP contribution < -0.4 is 0 Å². The number of hydrogen-bond donors (Lipinski definition) is 1. The quantitative estimate of drug-likeness (QED) is 0.469. The number of rotatable bonds is 8. The van der Waals surface area contributed by atoms with Gasteiger partial charge in [-0.3, -0.25) is 4.79 Å². The number of ether oxygens (including phenoxy) is 1. The van der Waals surface area contributed by atoms with Crippen LogP contribution in [0.1, 0.15) is 42.5 Å². The van der Waals surface area contributed by atoms with Crippen molar-refractivity contribution in [2.75, 3.05) is 18.8 Å². The van der Waals surface area contributed by atoms with Gasteiger partial charge in [0, 0.05) is 30.8 Å². The molecule has 0 radical (unpaired) electrons. The number of carboxylic acid groups (broad SMARTS) is 1. The van der Waals surface area contributed by atoms with Crippen molar-refractivity contribution in [3.05, 3.63) is 58.8 Å². The van der Waals surface area contributed by atoms with Crippen molar-refractivity contribution >= 4 is 23.7 Å². The molecule has 0 amide bonds. The summed E-state index contributed by atoms with van der Waals surface area (Å²) in [6, 6.07) is 9.29. The maximum atomic E-state index is 12.4. The molecule has 29 heavy (non-hydrogen) atoms. The zero-order valence-corrected chi connectivity index (χ0v) is 17.3. The molecule has 5 nitrogen and oxygen atoms in total. The van der Waals surface area contributed by atoms with Gasteiger partial charge in [-0.15, -0.1) is 11.8 Å². The van der Waals surface area contributed by atoms with E-state index in [0.29, 0.717) is 29.4 Å². The molecule has 2 bridgehead atoms. The smallest absolute Gasteiger partial charge is 0.449 e. The molecule has 1 aliphatic heterocycles. The average molecular weight is 414 g/mol. The van der Waals surface area contributed by atoms with Gasteiger partial charge in [0.05, 0.1) is 0 Å². The monoisotopic (exact) mass is 413 g/mol. The number of fused-ring (bicyclic) bond motifs is 2. The van der Waals surface area contributed by atoms with Crippen LogP contribution in [0, 0.1) is 17.8 Å². The van der Waals surface area contributed by atoms with E-state index in [0.717, 1.165) is 30.0 Å². The number of Topliss-reactive ketones (excluding diaryl/α,β-unsaturated/α-hetero) is 1. The van der Waals surface area contributed by atoms with E-state index >= 15 is 0 Å². The molecule has 2 aliphatic carbocycles. The van der Waals surface area contributed by atoms with Crippen LogP contribution >= 0.6 is 11.8 Å². The highest BCUT2D eigenvalue weighted by Crippen LogP contribution is 2.49. The third-order valence-corrected chi connectivity index (χ3v) is 7.43. The lowest BCUT2D eigenvalue weighted by Crippen LogP contribution is -2.33. The van der Waals surface area contributed by atoms with E-state index in [-0.39, 0.29) is 5.78 Å². The van der Waals surface area contributed by atoms with Crippen molar-refractivity contribution < 1.29 is 19.4 Å². The molecule has 1 N–H and O–H groups in total. The van der Waals surface area contributed by atoms with Crippen LogP contribution in [-0.2, 0) is 4.74 Å². The molecule has 1 heterocycles. The van der Waals surface area contributed by atoms with Crippen molar-refractivity contribution in [1.29, 1.82) is 0 Å². The summed E-state index contributed by atoms with van der Waals surface area (Å²) in [7, 11) is 0. The van der Waals surface area contributed by atoms with Gasteiger partial charge in [0.1, 0.15) is 5.03 Å². The summed E-state index contributed by atoms with van der Waals surface area (Å²) in [5.74, 6) is 3.43. The fourth-order valence-corrected chi connectivity index (χ4v) is 6.04. The van der Waals surface area contributed by atoms with Gasteiger partial charge in [-0.05, 0) is 43.1 Å². The molecule has 2 fully saturated rings. The lowest BCUT2D eigenvalue weighted by molar-refractivity contribution is 0.0988. The highest BCUT2D eigenvalue weighted by molar-refractivity contribution is 8.03. The first-order chi connectivity index (χ1) is 14.1. The Hall–Kier alpha value is -2.21. The molecule has 3 aliphatic rings. The summed E-state index contributed by atoms with van der Waals surface area (Å²) < 4.78 is 5.06. The van der Waals surface area contributed by atoms with E-state index in [2.05, 4.69) is 4.90 Å². The molecular weight excluding hydrogens is 386 g/mol. The molecule has 3 atom stereocenters. The van der Waals surface area contributed by atoms with Crippen LogP contribution in [0.4, 0.5) is 4.79 Å². The number of benzene rings is 1. The SMILES string of the molecule is O=C(O)OC1=C(SCCC(=O)c2ccccc2)N(CC2CC3CCC2C3)CC=C1. The van der Waals surface area contributed by atoms with Gasteiger partial charge in [-0.25, -0.2) is 4.79 Å². The van der Waals surface area contributed by atoms with Crippen molar-refractivity contribution in [1.82, 2.24) is 4.90 Å². The zero-order valence-electron chi connectivity index (χ0n) is 16.5. The molecule has 0 saturated heterocycles. The topological polar surface area (TPSA) is 66.8 Å². The summed E-state index contributed by atoms with van der Waals surface area (Å²) >= 11 is 1.53. The van der Waals surface area contributed by atoms with Gasteiger partial charge in [0.15, 0.2) is 11.5 Å². The van der Waals surface area contributed by atoms with Crippen LogP contribution in [-0.4, -0.2) is 40.8 Å². The summed E-state index contributed by atoms with van der Waals surface area (Å²) in [4.78, 5) is 25.8. The maximum absolute atomic E-state index is 12.4. The Morgan fingerprint density at radius 3 is 2.69 bits per heavy atom. The Balaban J connectivity index is 1.42. The summed E-state index contributed by atoms with van der Waals surface area (Å²) in [5.41, 5.74) is 0.714. The highest BCUT2D eigenvalue weighted by Gasteiger charge is 2.40. The molecule has 2 saturated carbocycles. The number of allylic oxidation sites excluding steroid dienone is 1. The van der Waals surface area contributed by atoms with Crippen molar-refractivity contribution in [2.24, 2.45) is 17.8 Å². The Bertz CT molecular complexity index is 819. The molecule has 0 aromatic heterocycles. The second-order valence-electron chi connectivity index (χ2n) is 8.17. The molecule has 4 rings (SSSR count). The number of nitrogens with zero attached hydrogens (tertiary/aromatic N) is 1. The first-order valence-electron chi connectivity index (χ1n) is 10.4. The molecule has 154 valence electrons. The predicted octanol–water partition coefficient (Wildman–Crippen LogP) is 5.16. The number of carbonyl (C=O) groups excluding carboxylic acids is 1. The summed E-state index contributed by atoms with van der Waals surface area (Å²) in [6.45, 7) is 1.70. The molecule has 6 heteroatoms. The third kappa shape index (κ3) is 4.86. The van der Waals surface area contributed by atoms with E-state index in [1.54, 1.807) is 6.08 Å². The molecule has 1 aromatic carbocycles. The number of thioether (sulfide) groups is 1. The van der Waals surface area contributed by atoms with Crippen LogP contribution in [0.3, 0.4) is 0 Å². The Labute approximate surface area is 175 Å². The van der Waals surface area contributed by atoms with Crippen molar-refractivity contribution in [3.63, 3.8) is 0 Å². The Kier molecular flexibility index (Phi) is 6.28. The molecule has 0 spiro atoms. The molecule has 3 unspecified atom stereocenters. The van der Waals surface area contributed by atoms with Crippen molar-refractivity contribution in [3.8, 4) is 0 Å². The van der Waals surface area contributed by atoms with E-state index < -0.39 is 6.16 Å². The molecule has 1 aromatic rings. The fourth-order valence-electron chi connectivity index (χ4n) is 4.98. The van der Waals surface area contributed by atoms with Gasteiger partial charge < -0.3 is 14.7 Å². The fraction of sp³-hybridized carbons (Fsp3) is 0.478. The van der Waals surface area contributed by atoms with Crippen LogP contribution in [0.25, 0.3) is 0 Å². The third-order valence-electron chi connectivity index (χ3n) is 6.29. The van der Waals surface area contributed by atoms with Gasteiger partial charge in [-0.2, -0.15) is 0 Å². The second kappa shape index (κ2) is 9.08. The number of ketones is 1. The average Bonchev–Trinajstić information content (AvgIpc) is 3.33. The summed E-state index contributed by atoms with van der Waals surface area (Å²) in [5, 5.41) is 9.98. The predicted molar refractivity (Wildman–Crippen MR) is 114 cm³/mol. The summed E-state index contributed by atoms with van der Waals surface area (Å²) in [6.07, 6.45) is 8.14. The standard InChI is InChI=1S/C23H27NO4S/c25-20(17-5-2-1-3-6-17)10-12-29-22-21(28-23(26)27)7-4-11-24(22)15-19-14-16-8-9-18(19)13-16/h1-7,16,18-19H,8-15H2,(H,26,27). The largest absolute Gasteiger partial charge is 0.511 e. The van der Waals surface area contributed by atoms with Crippen LogP contribution in [0.2, 0.25) is 0 Å². The van der Waals surface area contributed by atoms with Crippen LogP contribution in [0.15, 0.2) is 53.3 Å². The minimum absolute atomic E-state index is 0.102. The lowest BCUT2D eigenvalue weighted by Gasteiger charge is -2.34. The maximum Gasteiger partial charge on any atom is 0.511 e. The van der Waals surface area contributed by atoms with Gasteiger partial charge >= 0.3 is 6.16 Å². The number of hydrogen-bond acceptors (Lipinski definition) is 5. The van der Waals surface area contributed by atoms with Crippen LogP contribution in [0.5, 0.6) is 0 Å². The molecular formula is C23H27NO4S. The first-order valence-corrected chi connectivity index (χ1v) is 11.4. The lowest BCUT2D eigenvalue weighted by atomic mass is 9.88. The van der Waals surface area contributed by atoms with E-state index in [4.69, 9.17) is 9.84 Å². The van der Waals surface area contributed by atoms with Gasteiger partial charge in [0.2, 0.25) is 0 Å². The zero-order chi connectivity index (χ0) is 20.2. The van der Waals surface area contributed by atoms with Gasteiger partial charge in [0.25, 0.3) is 0 Å². The first kappa shape index (κ1) is 20.1. The minimum atomic E-state index is -1.30. The minimum Gasteiger partial charge on any atom is -0.449 e. The number of carbonyl (C=O) groups is 2. The Morgan fingerprint density at radius 1 is 1.17 bits per heavy atom. The normalized spacial score (nSPS) is 25.5. The van der Waals surface area contributed by atoms with Crippen molar-refractivity contribution in [2.45, 2.75) is 32.1 Å². The highest BCUT2D eigenvalue weighted by atomic mass is 32.2. The van der Waals surface area contributed by atoms with E-state index in [1.807, 2.05) is 36.4 Å².